The van der Waals surface area contributed by atoms with Crippen molar-refractivity contribution in [1.82, 2.24) is 5.43 Å². The van der Waals surface area contributed by atoms with Crippen LogP contribution in [0.3, 0.4) is 0 Å². The highest BCUT2D eigenvalue weighted by molar-refractivity contribution is 14.1. The molecule has 0 heterocycles. The number of hydrazone groups is 1. The molecular weight excluding hydrogens is 656 g/mol. The summed E-state index contributed by atoms with van der Waals surface area (Å²) in [7, 11) is 0. The molecule has 0 bridgehead atoms. The molecule has 3 aromatic rings. The first-order valence-corrected chi connectivity index (χ1v) is 11.9. The summed E-state index contributed by atoms with van der Waals surface area (Å²) in [4.78, 5) is 23.3. The Balaban J connectivity index is 1.61. The Kier molecular flexibility index (Phi) is 8.88. The van der Waals surface area contributed by atoms with Crippen molar-refractivity contribution in [3.05, 3.63) is 89.5 Å². The highest BCUT2D eigenvalue weighted by Gasteiger charge is 2.10. The summed E-state index contributed by atoms with van der Waals surface area (Å²) in [6.07, 6.45) is 1.58. The number of nitrogens with one attached hydrogen (secondary N) is 2. The highest BCUT2D eigenvalue weighted by Crippen LogP contribution is 2.30. The van der Waals surface area contributed by atoms with Crippen LogP contribution in [0.4, 0.5) is 5.69 Å². The molecule has 0 unspecified atom stereocenters. The number of carbonyl (C=O) groups excluding carboxylic acids is 2. The molecular formula is C23H18ClI2N3O3. The van der Waals surface area contributed by atoms with Gasteiger partial charge in [0, 0.05) is 28.8 Å². The summed E-state index contributed by atoms with van der Waals surface area (Å²) in [5.74, 6) is 0.252. The molecule has 0 saturated heterocycles. The smallest absolute Gasteiger partial charge is 0.271 e. The van der Waals surface area contributed by atoms with E-state index in [4.69, 9.17) is 16.3 Å². The molecule has 0 fully saturated rings. The molecule has 3 rings (SSSR count). The molecule has 2 amide bonds. The largest absolute Gasteiger partial charge is 0.487 e. The number of carbonyl (C=O) groups is 2. The molecule has 0 aromatic heterocycles. The van der Waals surface area contributed by atoms with E-state index < -0.39 is 0 Å². The van der Waals surface area contributed by atoms with Crippen molar-refractivity contribution in [3.63, 3.8) is 0 Å². The minimum atomic E-state index is -0.347. The first-order chi connectivity index (χ1) is 15.3. The average Bonchev–Trinajstić information content (AvgIpc) is 2.74. The molecule has 2 N–H and O–H groups in total. The summed E-state index contributed by atoms with van der Waals surface area (Å²) in [5.41, 5.74) is 5.30. The lowest BCUT2D eigenvalue weighted by Crippen LogP contribution is -2.17. The molecule has 0 atom stereocenters. The third kappa shape index (κ3) is 6.91. The third-order valence-corrected chi connectivity index (χ3v) is 6.17. The molecule has 6 nitrogen and oxygen atoms in total. The molecule has 0 aliphatic carbocycles. The fourth-order valence-electron chi connectivity index (χ4n) is 2.70. The molecule has 9 heteroatoms. The van der Waals surface area contributed by atoms with Gasteiger partial charge in [0.2, 0.25) is 5.91 Å². The lowest BCUT2D eigenvalue weighted by atomic mass is 10.2. The van der Waals surface area contributed by atoms with E-state index in [0.717, 1.165) is 24.0 Å². The Bertz CT molecular complexity index is 1140. The molecule has 3 aromatic carbocycles. The van der Waals surface area contributed by atoms with Gasteiger partial charge in [-0.15, -0.1) is 0 Å². The zero-order chi connectivity index (χ0) is 23.1. The van der Waals surface area contributed by atoms with Crippen LogP contribution in [0.15, 0.2) is 65.8 Å². The summed E-state index contributed by atoms with van der Waals surface area (Å²) in [6, 6.07) is 18.0. The maximum Gasteiger partial charge on any atom is 0.271 e. The minimum Gasteiger partial charge on any atom is -0.487 e. The van der Waals surface area contributed by atoms with Crippen LogP contribution in [0.5, 0.6) is 5.75 Å². The first-order valence-electron chi connectivity index (χ1n) is 9.40. The van der Waals surface area contributed by atoms with Crippen LogP contribution in [-0.2, 0) is 11.4 Å². The number of nitrogens with zero attached hydrogens (tertiary/aromatic N) is 1. The Morgan fingerprint density at radius 3 is 2.34 bits per heavy atom. The highest BCUT2D eigenvalue weighted by atomic mass is 127. The predicted molar refractivity (Wildman–Crippen MR) is 143 cm³/mol. The van der Waals surface area contributed by atoms with Crippen molar-refractivity contribution < 1.29 is 14.3 Å². The monoisotopic (exact) mass is 673 g/mol. The molecule has 0 radical (unpaired) electrons. The van der Waals surface area contributed by atoms with Crippen molar-refractivity contribution in [2.24, 2.45) is 5.10 Å². The van der Waals surface area contributed by atoms with Crippen LogP contribution in [0, 0.1) is 7.14 Å². The van der Waals surface area contributed by atoms with E-state index in [-0.39, 0.29) is 11.8 Å². The second-order valence-electron chi connectivity index (χ2n) is 6.65. The average molecular weight is 674 g/mol. The van der Waals surface area contributed by atoms with E-state index >= 15 is 0 Å². The van der Waals surface area contributed by atoms with Crippen LogP contribution in [0.1, 0.15) is 28.4 Å². The normalized spacial score (nSPS) is 10.8. The molecule has 0 aliphatic rings. The zero-order valence-electron chi connectivity index (χ0n) is 16.9. The van der Waals surface area contributed by atoms with Gasteiger partial charge in [-0.25, -0.2) is 5.43 Å². The fraction of sp³-hybridized carbons (Fsp3) is 0.0870. The van der Waals surface area contributed by atoms with Crippen LogP contribution in [-0.4, -0.2) is 18.0 Å². The number of hydrogen-bond donors (Lipinski definition) is 2. The molecule has 0 spiro atoms. The van der Waals surface area contributed by atoms with E-state index in [1.807, 2.05) is 36.4 Å². The van der Waals surface area contributed by atoms with Gasteiger partial charge in [-0.2, -0.15) is 5.10 Å². The number of ether oxygens (including phenoxy) is 1. The molecule has 0 aliphatic heterocycles. The van der Waals surface area contributed by atoms with Crippen molar-refractivity contribution in [3.8, 4) is 5.75 Å². The van der Waals surface area contributed by atoms with E-state index in [2.05, 4.69) is 61.0 Å². The Morgan fingerprint density at radius 1 is 1.06 bits per heavy atom. The molecule has 164 valence electrons. The van der Waals surface area contributed by atoms with E-state index in [0.29, 0.717) is 22.9 Å². The Hall–Kier alpha value is -2.18. The van der Waals surface area contributed by atoms with Gasteiger partial charge in [0.1, 0.15) is 12.4 Å². The van der Waals surface area contributed by atoms with Crippen molar-refractivity contribution in [2.45, 2.75) is 13.5 Å². The number of hydrogen-bond acceptors (Lipinski definition) is 4. The third-order valence-electron chi connectivity index (χ3n) is 4.20. The molecule has 0 saturated carbocycles. The topological polar surface area (TPSA) is 79.8 Å². The number of halogens is 3. The van der Waals surface area contributed by atoms with Crippen LogP contribution >= 0.6 is 56.8 Å². The van der Waals surface area contributed by atoms with Gasteiger partial charge < -0.3 is 10.1 Å². The van der Waals surface area contributed by atoms with Crippen LogP contribution < -0.4 is 15.5 Å². The van der Waals surface area contributed by atoms with E-state index in [9.17, 15) is 9.59 Å². The fourth-order valence-corrected chi connectivity index (χ4v) is 5.01. The van der Waals surface area contributed by atoms with Crippen LogP contribution in [0.25, 0.3) is 0 Å². The van der Waals surface area contributed by atoms with Crippen molar-refractivity contribution in [2.75, 3.05) is 5.32 Å². The lowest BCUT2D eigenvalue weighted by Gasteiger charge is -2.12. The summed E-state index contributed by atoms with van der Waals surface area (Å²) in [6.45, 7) is 1.80. The van der Waals surface area contributed by atoms with Crippen LogP contribution in [0.2, 0.25) is 5.02 Å². The summed E-state index contributed by atoms with van der Waals surface area (Å²) >= 11 is 10.6. The first kappa shape index (κ1) is 24.5. The maximum absolute atomic E-state index is 12.3. The van der Waals surface area contributed by atoms with Gasteiger partial charge in [0.05, 0.1) is 13.4 Å². The number of benzene rings is 3. The van der Waals surface area contributed by atoms with Gasteiger partial charge in [0.15, 0.2) is 0 Å². The number of amides is 2. The van der Waals surface area contributed by atoms with Crippen molar-refractivity contribution >= 4 is 80.5 Å². The SMILES string of the molecule is CC(=O)Nc1ccc(C(=O)N/N=C\c2cc(I)c(OCc3ccccc3Cl)c(I)c2)cc1. The minimum absolute atomic E-state index is 0.170. The standard InChI is InChI=1S/C23H18ClI2N3O3/c1-14(30)28-18-8-6-16(7-9-18)23(31)29-27-12-15-10-20(25)22(21(26)11-15)32-13-17-4-2-3-5-19(17)24/h2-12H,13H2,1H3,(H,28,30)(H,29,31)/b27-12-. The van der Waals surface area contributed by atoms with Gasteiger partial charge >= 0.3 is 0 Å². The molecule has 32 heavy (non-hydrogen) atoms. The van der Waals surface area contributed by atoms with Gasteiger partial charge in [-0.1, -0.05) is 29.8 Å². The zero-order valence-corrected chi connectivity index (χ0v) is 21.9. The van der Waals surface area contributed by atoms with Gasteiger partial charge in [-0.3, -0.25) is 9.59 Å². The summed E-state index contributed by atoms with van der Waals surface area (Å²) < 4.78 is 7.82. The maximum atomic E-state index is 12.3. The van der Waals surface area contributed by atoms with E-state index in [1.54, 1.807) is 30.5 Å². The predicted octanol–water partition coefficient (Wildman–Crippen LogP) is 5.85. The summed E-state index contributed by atoms with van der Waals surface area (Å²) in [5, 5.41) is 7.37. The van der Waals surface area contributed by atoms with Gasteiger partial charge in [-0.05, 0) is 93.2 Å². The number of anilines is 1. The van der Waals surface area contributed by atoms with E-state index in [1.165, 1.54) is 6.92 Å². The number of rotatable bonds is 7. The second kappa shape index (κ2) is 11.6. The van der Waals surface area contributed by atoms with Crippen molar-refractivity contribution in [1.29, 1.82) is 0 Å². The quantitative estimate of drug-likeness (QED) is 0.188. The second-order valence-corrected chi connectivity index (χ2v) is 9.38. The Morgan fingerprint density at radius 2 is 1.72 bits per heavy atom. The lowest BCUT2D eigenvalue weighted by molar-refractivity contribution is -0.114. The Labute approximate surface area is 218 Å². The van der Waals surface area contributed by atoms with Gasteiger partial charge in [0.25, 0.3) is 5.91 Å².